The lowest BCUT2D eigenvalue weighted by Crippen LogP contribution is -2.30. The Kier molecular flexibility index (Phi) is 4.47. The Hall–Kier alpha value is -0.980. The van der Waals surface area contributed by atoms with Crippen LogP contribution in [0, 0.1) is 3.57 Å². The molecule has 1 heterocycles. The molecule has 0 aliphatic heterocycles. The third-order valence-corrected chi connectivity index (χ3v) is 3.60. The number of hydrogen-bond donors (Lipinski definition) is 2. The number of nitrogens with zero attached hydrogens (tertiary/aromatic N) is 1. The molecule has 2 rings (SSSR count). The lowest BCUT2D eigenvalue weighted by molar-refractivity contribution is 0.544. The SMILES string of the molecule is NNC(Cc1ccccn1)c1ccccc1I. The maximum Gasteiger partial charge on any atom is 0.0525 e. The lowest BCUT2D eigenvalue weighted by Gasteiger charge is -2.17. The molecule has 0 amide bonds. The first-order valence-corrected chi connectivity index (χ1v) is 6.49. The average molecular weight is 339 g/mol. The van der Waals surface area contributed by atoms with Gasteiger partial charge in [-0.25, -0.2) is 0 Å². The highest BCUT2D eigenvalue weighted by atomic mass is 127. The van der Waals surface area contributed by atoms with Crippen LogP contribution in [0.3, 0.4) is 0 Å². The zero-order chi connectivity index (χ0) is 12.1. The van der Waals surface area contributed by atoms with Crippen LogP contribution in [0.5, 0.6) is 0 Å². The van der Waals surface area contributed by atoms with Crippen molar-refractivity contribution in [3.63, 3.8) is 0 Å². The number of hydrogen-bond acceptors (Lipinski definition) is 3. The van der Waals surface area contributed by atoms with Crippen LogP contribution in [0.1, 0.15) is 17.3 Å². The summed E-state index contributed by atoms with van der Waals surface area (Å²) in [6.07, 6.45) is 2.59. The molecule has 2 aromatic rings. The molecule has 0 bridgehead atoms. The predicted molar refractivity (Wildman–Crippen MR) is 77.2 cm³/mol. The van der Waals surface area contributed by atoms with Crippen molar-refractivity contribution in [3.05, 3.63) is 63.5 Å². The van der Waals surface area contributed by atoms with E-state index in [4.69, 9.17) is 5.84 Å². The minimum absolute atomic E-state index is 0.0954. The minimum atomic E-state index is 0.0954. The molecular weight excluding hydrogens is 325 g/mol. The van der Waals surface area contributed by atoms with Gasteiger partial charge in [0, 0.05) is 21.9 Å². The molecule has 4 heteroatoms. The molecule has 1 unspecified atom stereocenters. The molecule has 17 heavy (non-hydrogen) atoms. The third kappa shape index (κ3) is 3.24. The number of nitrogens with one attached hydrogen (secondary N) is 1. The summed E-state index contributed by atoms with van der Waals surface area (Å²) in [4.78, 5) is 4.32. The Morgan fingerprint density at radius 2 is 1.94 bits per heavy atom. The Labute approximate surface area is 115 Å². The van der Waals surface area contributed by atoms with E-state index < -0.39 is 0 Å². The van der Waals surface area contributed by atoms with Crippen LogP contribution in [0.25, 0.3) is 0 Å². The van der Waals surface area contributed by atoms with Crippen LogP contribution in [-0.2, 0) is 6.42 Å². The second-order valence-corrected chi connectivity index (χ2v) is 4.93. The molecule has 1 aromatic carbocycles. The lowest BCUT2D eigenvalue weighted by atomic mass is 10.0. The zero-order valence-electron chi connectivity index (χ0n) is 9.31. The largest absolute Gasteiger partial charge is 0.271 e. The Balaban J connectivity index is 2.21. The summed E-state index contributed by atoms with van der Waals surface area (Å²) < 4.78 is 1.21. The highest BCUT2D eigenvalue weighted by Gasteiger charge is 2.13. The van der Waals surface area contributed by atoms with E-state index in [1.165, 1.54) is 9.13 Å². The van der Waals surface area contributed by atoms with E-state index in [1.807, 2.05) is 30.3 Å². The monoisotopic (exact) mass is 339 g/mol. The van der Waals surface area contributed by atoms with Gasteiger partial charge in [-0.2, -0.15) is 0 Å². The maximum atomic E-state index is 5.64. The van der Waals surface area contributed by atoms with Crippen molar-refractivity contribution >= 4 is 22.6 Å². The van der Waals surface area contributed by atoms with Gasteiger partial charge in [-0.05, 0) is 46.4 Å². The van der Waals surface area contributed by atoms with E-state index in [0.717, 1.165) is 12.1 Å². The molecule has 0 aliphatic rings. The molecular formula is C13H14IN3. The van der Waals surface area contributed by atoms with Gasteiger partial charge in [0.25, 0.3) is 0 Å². The number of nitrogens with two attached hydrogens (primary N) is 1. The number of aromatic nitrogens is 1. The van der Waals surface area contributed by atoms with Crippen LogP contribution < -0.4 is 11.3 Å². The Morgan fingerprint density at radius 1 is 1.18 bits per heavy atom. The van der Waals surface area contributed by atoms with Crippen LogP contribution in [0.4, 0.5) is 0 Å². The zero-order valence-corrected chi connectivity index (χ0v) is 11.5. The van der Waals surface area contributed by atoms with Gasteiger partial charge in [0.1, 0.15) is 0 Å². The number of halogens is 1. The van der Waals surface area contributed by atoms with Crippen molar-refractivity contribution in [2.24, 2.45) is 5.84 Å². The van der Waals surface area contributed by atoms with Crippen molar-refractivity contribution in [2.75, 3.05) is 0 Å². The second kappa shape index (κ2) is 6.09. The normalized spacial score (nSPS) is 12.4. The first kappa shape index (κ1) is 12.5. The van der Waals surface area contributed by atoms with Crippen molar-refractivity contribution in [2.45, 2.75) is 12.5 Å². The van der Waals surface area contributed by atoms with E-state index in [1.54, 1.807) is 6.20 Å². The summed E-state index contributed by atoms with van der Waals surface area (Å²) in [6, 6.07) is 14.2. The summed E-state index contributed by atoms with van der Waals surface area (Å²) in [5, 5.41) is 0. The smallest absolute Gasteiger partial charge is 0.0525 e. The summed E-state index contributed by atoms with van der Waals surface area (Å²) >= 11 is 2.33. The van der Waals surface area contributed by atoms with E-state index in [0.29, 0.717) is 0 Å². The molecule has 0 fully saturated rings. The van der Waals surface area contributed by atoms with E-state index >= 15 is 0 Å². The topological polar surface area (TPSA) is 50.9 Å². The first-order valence-electron chi connectivity index (χ1n) is 5.41. The molecule has 3 nitrogen and oxygen atoms in total. The van der Waals surface area contributed by atoms with E-state index in [2.05, 4.69) is 45.1 Å². The van der Waals surface area contributed by atoms with Gasteiger partial charge >= 0.3 is 0 Å². The molecule has 1 atom stereocenters. The molecule has 88 valence electrons. The Morgan fingerprint density at radius 3 is 2.59 bits per heavy atom. The summed E-state index contributed by atoms with van der Waals surface area (Å²) in [7, 11) is 0. The van der Waals surface area contributed by atoms with Gasteiger partial charge < -0.3 is 0 Å². The first-order chi connectivity index (χ1) is 8.31. The van der Waals surface area contributed by atoms with Crippen LogP contribution >= 0.6 is 22.6 Å². The molecule has 0 saturated heterocycles. The van der Waals surface area contributed by atoms with Gasteiger partial charge in [-0.1, -0.05) is 24.3 Å². The predicted octanol–water partition coefficient (Wildman–Crippen LogP) is 2.43. The van der Waals surface area contributed by atoms with Crippen LogP contribution in [0.2, 0.25) is 0 Å². The van der Waals surface area contributed by atoms with E-state index in [9.17, 15) is 0 Å². The van der Waals surface area contributed by atoms with Gasteiger partial charge in [0.05, 0.1) is 6.04 Å². The summed E-state index contributed by atoms with van der Waals surface area (Å²) in [6.45, 7) is 0. The van der Waals surface area contributed by atoms with Gasteiger partial charge in [0.2, 0.25) is 0 Å². The third-order valence-electron chi connectivity index (χ3n) is 2.62. The standard InChI is InChI=1S/C13H14IN3/c14-12-7-2-1-6-11(12)13(17-15)9-10-5-3-4-8-16-10/h1-8,13,17H,9,15H2. The fourth-order valence-electron chi connectivity index (χ4n) is 1.74. The molecule has 0 aliphatic carbocycles. The second-order valence-electron chi connectivity index (χ2n) is 3.77. The minimum Gasteiger partial charge on any atom is -0.271 e. The van der Waals surface area contributed by atoms with Gasteiger partial charge in [0.15, 0.2) is 0 Å². The molecule has 0 saturated carbocycles. The molecule has 3 N–H and O–H groups in total. The molecule has 0 radical (unpaired) electrons. The van der Waals surface area contributed by atoms with Crippen molar-refractivity contribution in [1.82, 2.24) is 10.4 Å². The maximum absolute atomic E-state index is 5.64. The highest BCUT2D eigenvalue weighted by Crippen LogP contribution is 2.21. The van der Waals surface area contributed by atoms with Crippen molar-refractivity contribution < 1.29 is 0 Å². The molecule has 0 spiro atoms. The number of rotatable bonds is 4. The fourth-order valence-corrected chi connectivity index (χ4v) is 2.51. The van der Waals surface area contributed by atoms with Crippen molar-refractivity contribution in [1.29, 1.82) is 0 Å². The van der Waals surface area contributed by atoms with Crippen LogP contribution in [0.15, 0.2) is 48.7 Å². The quantitative estimate of drug-likeness (QED) is 0.511. The van der Waals surface area contributed by atoms with E-state index in [-0.39, 0.29) is 6.04 Å². The number of hydrazine groups is 1. The fraction of sp³-hybridized carbons (Fsp3) is 0.154. The number of benzene rings is 1. The summed E-state index contributed by atoms with van der Waals surface area (Å²) in [5.74, 6) is 5.64. The van der Waals surface area contributed by atoms with Crippen molar-refractivity contribution in [3.8, 4) is 0 Å². The van der Waals surface area contributed by atoms with Gasteiger partial charge in [-0.3, -0.25) is 16.3 Å². The highest BCUT2D eigenvalue weighted by molar-refractivity contribution is 14.1. The summed E-state index contributed by atoms with van der Waals surface area (Å²) in [5.41, 5.74) is 5.11. The van der Waals surface area contributed by atoms with Crippen LogP contribution in [-0.4, -0.2) is 4.98 Å². The number of pyridine rings is 1. The average Bonchev–Trinajstić information content (AvgIpc) is 2.38. The van der Waals surface area contributed by atoms with Gasteiger partial charge in [-0.15, -0.1) is 0 Å². The molecule has 1 aromatic heterocycles. The Bertz CT molecular complexity index is 473.